The molecule has 0 bridgehead atoms. The highest BCUT2D eigenvalue weighted by molar-refractivity contribution is 5.59. The lowest BCUT2D eigenvalue weighted by molar-refractivity contribution is 0.902. The standard InChI is InChI=1S/C14H11N7/c1-16-13-18-12(11-4-2-3-10(7-11)8-15)19-14(20-13)21-6-5-17-9-21/h2-7,9H,1H3,(H,16,18,19,20). The summed E-state index contributed by atoms with van der Waals surface area (Å²) in [6.45, 7) is 0. The quantitative estimate of drug-likeness (QED) is 0.782. The Balaban J connectivity index is 2.14. The number of anilines is 1. The molecule has 3 rings (SSSR count). The lowest BCUT2D eigenvalue weighted by Crippen LogP contribution is -2.06. The average molecular weight is 277 g/mol. The molecule has 0 aliphatic heterocycles. The van der Waals surface area contributed by atoms with Gasteiger partial charge in [0.05, 0.1) is 11.6 Å². The van der Waals surface area contributed by atoms with Crippen molar-refractivity contribution >= 4 is 5.95 Å². The summed E-state index contributed by atoms with van der Waals surface area (Å²) in [5.74, 6) is 1.41. The Bertz CT molecular complexity index is 802. The van der Waals surface area contributed by atoms with E-state index in [0.29, 0.717) is 23.3 Å². The van der Waals surface area contributed by atoms with Crippen LogP contribution in [-0.2, 0) is 0 Å². The van der Waals surface area contributed by atoms with E-state index in [2.05, 4.69) is 31.3 Å². The summed E-state index contributed by atoms with van der Waals surface area (Å²) < 4.78 is 1.69. The number of nitrogens with zero attached hydrogens (tertiary/aromatic N) is 6. The summed E-state index contributed by atoms with van der Waals surface area (Å²) in [6, 6.07) is 9.24. The number of rotatable bonds is 3. The largest absolute Gasteiger partial charge is 0.357 e. The number of hydrogen-bond donors (Lipinski definition) is 1. The third-order valence-corrected chi connectivity index (χ3v) is 2.83. The zero-order valence-electron chi connectivity index (χ0n) is 11.2. The van der Waals surface area contributed by atoms with Crippen molar-refractivity contribution in [1.82, 2.24) is 24.5 Å². The lowest BCUT2D eigenvalue weighted by Gasteiger charge is -2.07. The summed E-state index contributed by atoms with van der Waals surface area (Å²) in [5, 5.41) is 11.9. The fourth-order valence-electron chi connectivity index (χ4n) is 1.83. The van der Waals surface area contributed by atoms with Gasteiger partial charge in [0.25, 0.3) is 0 Å². The molecule has 7 nitrogen and oxygen atoms in total. The Kier molecular flexibility index (Phi) is 3.27. The Labute approximate surface area is 121 Å². The summed E-state index contributed by atoms with van der Waals surface area (Å²) in [6.07, 6.45) is 5.02. The van der Waals surface area contributed by atoms with Crippen LogP contribution in [0.2, 0.25) is 0 Å². The van der Waals surface area contributed by atoms with E-state index in [0.717, 1.165) is 5.56 Å². The summed E-state index contributed by atoms with van der Waals surface area (Å²) in [5.41, 5.74) is 1.32. The average Bonchev–Trinajstić information content (AvgIpc) is 3.09. The fourth-order valence-corrected chi connectivity index (χ4v) is 1.83. The van der Waals surface area contributed by atoms with Crippen LogP contribution in [0.25, 0.3) is 17.3 Å². The maximum atomic E-state index is 8.99. The number of nitriles is 1. The van der Waals surface area contributed by atoms with E-state index in [-0.39, 0.29) is 0 Å². The van der Waals surface area contributed by atoms with Crippen LogP contribution in [0.5, 0.6) is 0 Å². The monoisotopic (exact) mass is 277 g/mol. The number of aromatic nitrogens is 5. The number of imidazole rings is 1. The molecule has 0 amide bonds. The van der Waals surface area contributed by atoms with Gasteiger partial charge in [-0.05, 0) is 12.1 Å². The van der Waals surface area contributed by atoms with E-state index in [1.807, 2.05) is 6.07 Å². The molecule has 1 N–H and O–H groups in total. The maximum absolute atomic E-state index is 8.99. The first kappa shape index (κ1) is 12.7. The molecular weight excluding hydrogens is 266 g/mol. The molecule has 0 saturated heterocycles. The van der Waals surface area contributed by atoms with E-state index >= 15 is 0 Å². The highest BCUT2D eigenvalue weighted by atomic mass is 15.2. The second-order valence-corrected chi connectivity index (χ2v) is 4.20. The van der Waals surface area contributed by atoms with Crippen LogP contribution in [0.4, 0.5) is 5.95 Å². The number of benzene rings is 1. The normalized spacial score (nSPS) is 10.1. The summed E-state index contributed by atoms with van der Waals surface area (Å²) in [7, 11) is 1.74. The molecule has 0 fully saturated rings. The summed E-state index contributed by atoms with van der Waals surface area (Å²) >= 11 is 0. The molecule has 0 aliphatic rings. The zero-order chi connectivity index (χ0) is 14.7. The molecule has 0 spiro atoms. The van der Waals surface area contributed by atoms with Crippen molar-refractivity contribution in [2.75, 3.05) is 12.4 Å². The first-order valence-corrected chi connectivity index (χ1v) is 6.23. The second-order valence-electron chi connectivity index (χ2n) is 4.20. The predicted molar refractivity (Wildman–Crippen MR) is 76.6 cm³/mol. The lowest BCUT2D eigenvalue weighted by atomic mass is 10.1. The van der Waals surface area contributed by atoms with Crippen LogP contribution in [0.1, 0.15) is 5.56 Å². The Hall–Kier alpha value is -3.27. The van der Waals surface area contributed by atoms with Gasteiger partial charge in [0.1, 0.15) is 6.33 Å². The van der Waals surface area contributed by atoms with Crippen molar-refractivity contribution in [2.24, 2.45) is 0 Å². The van der Waals surface area contributed by atoms with Gasteiger partial charge in [-0.25, -0.2) is 4.98 Å². The van der Waals surface area contributed by atoms with Crippen molar-refractivity contribution < 1.29 is 0 Å². The maximum Gasteiger partial charge on any atom is 0.240 e. The molecule has 2 aromatic heterocycles. The third-order valence-electron chi connectivity index (χ3n) is 2.83. The minimum absolute atomic E-state index is 0.450. The molecule has 0 unspecified atom stereocenters. The van der Waals surface area contributed by atoms with Gasteiger partial charge in [-0.1, -0.05) is 12.1 Å². The topological polar surface area (TPSA) is 92.3 Å². The van der Waals surface area contributed by atoms with Crippen LogP contribution < -0.4 is 5.32 Å². The molecular formula is C14H11N7. The van der Waals surface area contributed by atoms with Crippen LogP contribution in [-0.4, -0.2) is 31.6 Å². The third kappa shape index (κ3) is 2.55. The number of hydrogen-bond acceptors (Lipinski definition) is 6. The highest BCUT2D eigenvalue weighted by Crippen LogP contribution is 2.18. The summed E-state index contributed by atoms with van der Waals surface area (Å²) in [4.78, 5) is 17.0. The van der Waals surface area contributed by atoms with Crippen molar-refractivity contribution in [3.05, 3.63) is 48.5 Å². The van der Waals surface area contributed by atoms with Crippen LogP contribution in [0.3, 0.4) is 0 Å². The molecule has 102 valence electrons. The van der Waals surface area contributed by atoms with Gasteiger partial charge >= 0.3 is 0 Å². The molecule has 7 heteroatoms. The highest BCUT2D eigenvalue weighted by Gasteiger charge is 2.09. The first-order chi connectivity index (χ1) is 10.3. The van der Waals surface area contributed by atoms with Crippen molar-refractivity contribution in [1.29, 1.82) is 5.26 Å². The molecule has 1 aromatic carbocycles. The zero-order valence-corrected chi connectivity index (χ0v) is 11.2. The van der Waals surface area contributed by atoms with Gasteiger partial charge in [-0.3, -0.25) is 4.57 Å². The minimum atomic E-state index is 0.450. The number of nitrogens with one attached hydrogen (secondary N) is 1. The van der Waals surface area contributed by atoms with Gasteiger partial charge in [-0.15, -0.1) is 0 Å². The smallest absolute Gasteiger partial charge is 0.240 e. The Morgan fingerprint density at radius 1 is 1.24 bits per heavy atom. The van der Waals surface area contributed by atoms with E-state index < -0.39 is 0 Å². The van der Waals surface area contributed by atoms with Gasteiger partial charge in [0.2, 0.25) is 11.9 Å². The fraction of sp³-hybridized carbons (Fsp3) is 0.0714. The Morgan fingerprint density at radius 2 is 2.14 bits per heavy atom. The van der Waals surface area contributed by atoms with Crippen LogP contribution in [0, 0.1) is 11.3 Å². The first-order valence-electron chi connectivity index (χ1n) is 6.23. The van der Waals surface area contributed by atoms with Crippen molar-refractivity contribution in [3.8, 4) is 23.4 Å². The van der Waals surface area contributed by atoms with Gasteiger partial charge in [0, 0.05) is 25.0 Å². The van der Waals surface area contributed by atoms with E-state index in [1.54, 1.807) is 48.5 Å². The van der Waals surface area contributed by atoms with Crippen molar-refractivity contribution in [2.45, 2.75) is 0 Å². The predicted octanol–water partition coefficient (Wildman–Crippen LogP) is 1.64. The van der Waals surface area contributed by atoms with Crippen LogP contribution >= 0.6 is 0 Å². The minimum Gasteiger partial charge on any atom is -0.357 e. The van der Waals surface area contributed by atoms with E-state index in [1.165, 1.54) is 0 Å². The van der Waals surface area contributed by atoms with E-state index in [4.69, 9.17) is 5.26 Å². The van der Waals surface area contributed by atoms with Gasteiger partial charge in [-0.2, -0.15) is 20.2 Å². The Morgan fingerprint density at radius 3 is 2.86 bits per heavy atom. The molecule has 3 aromatic rings. The van der Waals surface area contributed by atoms with Gasteiger partial charge < -0.3 is 5.32 Å². The SMILES string of the molecule is CNc1nc(-c2cccc(C#N)c2)nc(-n2ccnc2)n1. The molecule has 0 atom stereocenters. The van der Waals surface area contributed by atoms with Crippen molar-refractivity contribution in [3.63, 3.8) is 0 Å². The molecule has 2 heterocycles. The molecule has 21 heavy (non-hydrogen) atoms. The molecule has 0 saturated carbocycles. The molecule has 0 radical (unpaired) electrons. The van der Waals surface area contributed by atoms with Gasteiger partial charge in [0.15, 0.2) is 5.82 Å². The van der Waals surface area contributed by atoms with Crippen LogP contribution in [0.15, 0.2) is 43.0 Å². The van der Waals surface area contributed by atoms with E-state index in [9.17, 15) is 0 Å². The molecule has 0 aliphatic carbocycles. The second kappa shape index (κ2) is 5.38.